The Morgan fingerprint density at radius 3 is 2.15 bits per heavy atom. The molecular formula is C22H21N3OS. The molecule has 0 aliphatic rings. The zero-order valence-corrected chi connectivity index (χ0v) is 16.1. The predicted molar refractivity (Wildman–Crippen MR) is 115 cm³/mol. The number of thiocarbonyl (C=S) groups is 1. The van der Waals surface area contributed by atoms with Gasteiger partial charge in [-0.15, -0.1) is 0 Å². The van der Waals surface area contributed by atoms with E-state index in [1.807, 2.05) is 74.5 Å². The third kappa shape index (κ3) is 4.71. The van der Waals surface area contributed by atoms with Crippen LogP contribution in [0.25, 0.3) is 11.1 Å². The zero-order valence-electron chi connectivity index (χ0n) is 15.2. The minimum atomic E-state index is -0.250. The smallest absolute Gasteiger partial charge is 0.269 e. The number of hydrazine groups is 1. The Hall–Kier alpha value is -3.18. The van der Waals surface area contributed by atoms with Crippen molar-refractivity contribution in [1.82, 2.24) is 10.9 Å². The zero-order chi connectivity index (χ0) is 19.2. The summed E-state index contributed by atoms with van der Waals surface area (Å²) in [5.41, 5.74) is 11.3. The normalized spacial score (nSPS) is 10.1. The Balaban J connectivity index is 1.57. The summed E-state index contributed by atoms with van der Waals surface area (Å²) < 4.78 is 0. The molecule has 0 aliphatic heterocycles. The Labute approximate surface area is 164 Å². The maximum Gasteiger partial charge on any atom is 0.269 e. The fraction of sp³-hybridized carbons (Fsp3) is 0.0909. The van der Waals surface area contributed by atoms with Crippen LogP contribution >= 0.6 is 12.2 Å². The summed E-state index contributed by atoms with van der Waals surface area (Å²) in [6.45, 7) is 4.06. The number of anilines is 1. The lowest BCUT2D eigenvalue weighted by Gasteiger charge is -2.14. The second-order valence-corrected chi connectivity index (χ2v) is 6.63. The van der Waals surface area contributed by atoms with Crippen LogP contribution < -0.4 is 16.2 Å². The Bertz CT molecular complexity index is 953. The van der Waals surface area contributed by atoms with E-state index in [-0.39, 0.29) is 5.91 Å². The first-order chi connectivity index (χ1) is 13.0. The van der Waals surface area contributed by atoms with Gasteiger partial charge in [-0.1, -0.05) is 54.6 Å². The van der Waals surface area contributed by atoms with E-state index in [2.05, 4.69) is 16.2 Å². The van der Waals surface area contributed by atoms with Crippen molar-refractivity contribution in [1.29, 1.82) is 0 Å². The van der Waals surface area contributed by atoms with E-state index in [1.165, 1.54) is 5.56 Å². The fourth-order valence-electron chi connectivity index (χ4n) is 2.67. The van der Waals surface area contributed by atoms with Crippen molar-refractivity contribution in [2.24, 2.45) is 0 Å². The fourth-order valence-corrected chi connectivity index (χ4v) is 2.83. The van der Waals surface area contributed by atoms with Gasteiger partial charge in [0.05, 0.1) is 0 Å². The van der Waals surface area contributed by atoms with E-state index in [0.717, 1.165) is 22.4 Å². The molecule has 0 saturated heterocycles. The minimum absolute atomic E-state index is 0.250. The molecule has 3 rings (SSSR count). The molecule has 0 bridgehead atoms. The summed E-state index contributed by atoms with van der Waals surface area (Å²) in [4.78, 5) is 12.3. The molecule has 0 heterocycles. The third-order valence-corrected chi connectivity index (χ3v) is 4.60. The van der Waals surface area contributed by atoms with Crippen molar-refractivity contribution in [3.8, 4) is 11.1 Å². The van der Waals surface area contributed by atoms with E-state index in [4.69, 9.17) is 12.2 Å². The average molecular weight is 375 g/mol. The molecule has 0 fully saturated rings. The summed E-state index contributed by atoms with van der Waals surface area (Å²) >= 11 is 5.26. The van der Waals surface area contributed by atoms with Gasteiger partial charge < -0.3 is 5.32 Å². The topological polar surface area (TPSA) is 53.2 Å². The number of hydrogen-bond acceptors (Lipinski definition) is 2. The highest BCUT2D eigenvalue weighted by Crippen LogP contribution is 2.19. The highest BCUT2D eigenvalue weighted by Gasteiger charge is 2.07. The van der Waals surface area contributed by atoms with Crippen LogP contribution in [0.4, 0.5) is 5.69 Å². The molecule has 0 unspecified atom stereocenters. The molecule has 136 valence electrons. The highest BCUT2D eigenvalue weighted by molar-refractivity contribution is 7.80. The predicted octanol–water partition coefficient (Wildman–Crippen LogP) is 4.60. The molecule has 4 nitrogen and oxygen atoms in total. The SMILES string of the molecule is Cc1cccc(NC(=S)NNC(=O)c2ccc(-c3ccccc3)cc2)c1C. The number of rotatable bonds is 3. The summed E-state index contributed by atoms with van der Waals surface area (Å²) in [7, 11) is 0. The standard InChI is InChI=1S/C22H21N3OS/c1-15-7-6-10-20(16(15)2)23-22(27)25-24-21(26)19-13-11-18(12-14-19)17-8-4-3-5-9-17/h3-14H,1-2H3,(H,24,26)(H2,23,25,27). The lowest BCUT2D eigenvalue weighted by molar-refractivity contribution is 0.0944. The van der Waals surface area contributed by atoms with Crippen LogP contribution in [0.3, 0.4) is 0 Å². The second-order valence-electron chi connectivity index (χ2n) is 6.22. The average Bonchev–Trinajstić information content (AvgIpc) is 2.70. The summed E-state index contributed by atoms with van der Waals surface area (Å²) in [6.07, 6.45) is 0. The van der Waals surface area contributed by atoms with Crippen LogP contribution in [-0.4, -0.2) is 11.0 Å². The maximum absolute atomic E-state index is 12.3. The lowest BCUT2D eigenvalue weighted by atomic mass is 10.0. The van der Waals surface area contributed by atoms with Crippen molar-refractivity contribution in [3.63, 3.8) is 0 Å². The van der Waals surface area contributed by atoms with Crippen LogP contribution in [0, 0.1) is 13.8 Å². The summed E-state index contributed by atoms with van der Waals surface area (Å²) in [5.74, 6) is -0.250. The first-order valence-electron chi connectivity index (χ1n) is 8.63. The number of amides is 1. The summed E-state index contributed by atoms with van der Waals surface area (Å²) in [5, 5.41) is 3.43. The molecule has 27 heavy (non-hydrogen) atoms. The van der Waals surface area contributed by atoms with Gasteiger partial charge in [0.1, 0.15) is 0 Å². The molecule has 0 spiro atoms. The van der Waals surface area contributed by atoms with E-state index in [0.29, 0.717) is 10.7 Å². The van der Waals surface area contributed by atoms with Gasteiger partial charge in [-0.2, -0.15) is 0 Å². The number of carbonyl (C=O) groups is 1. The molecular weight excluding hydrogens is 354 g/mol. The third-order valence-electron chi connectivity index (χ3n) is 4.40. The van der Waals surface area contributed by atoms with Crippen LogP contribution in [0.1, 0.15) is 21.5 Å². The van der Waals surface area contributed by atoms with Gasteiger partial charge >= 0.3 is 0 Å². The molecule has 0 aromatic heterocycles. The second kappa shape index (κ2) is 8.47. The molecule has 0 atom stereocenters. The monoisotopic (exact) mass is 375 g/mol. The lowest BCUT2D eigenvalue weighted by Crippen LogP contribution is -2.43. The number of benzene rings is 3. The van der Waals surface area contributed by atoms with Gasteiger partial charge in [-0.3, -0.25) is 15.6 Å². The molecule has 3 aromatic rings. The van der Waals surface area contributed by atoms with Crippen molar-refractivity contribution in [2.45, 2.75) is 13.8 Å². The molecule has 3 aromatic carbocycles. The molecule has 5 heteroatoms. The molecule has 0 radical (unpaired) electrons. The van der Waals surface area contributed by atoms with Crippen molar-refractivity contribution < 1.29 is 4.79 Å². The van der Waals surface area contributed by atoms with E-state index in [9.17, 15) is 4.79 Å². The Kier molecular flexibility index (Phi) is 5.84. The highest BCUT2D eigenvalue weighted by atomic mass is 32.1. The molecule has 0 saturated carbocycles. The number of nitrogens with one attached hydrogen (secondary N) is 3. The number of aryl methyl sites for hydroxylation is 1. The minimum Gasteiger partial charge on any atom is -0.331 e. The number of hydrogen-bond donors (Lipinski definition) is 3. The van der Waals surface area contributed by atoms with Gasteiger partial charge in [0.25, 0.3) is 5.91 Å². The Morgan fingerprint density at radius 2 is 1.44 bits per heavy atom. The molecule has 3 N–H and O–H groups in total. The molecule has 1 amide bonds. The van der Waals surface area contributed by atoms with Crippen LogP contribution in [-0.2, 0) is 0 Å². The van der Waals surface area contributed by atoms with E-state index < -0.39 is 0 Å². The van der Waals surface area contributed by atoms with Crippen LogP contribution in [0.2, 0.25) is 0 Å². The van der Waals surface area contributed by atoms with Crippen molar-refractivity contribution in [3.05, 3.63) is 89.5 Å². The Morgan fingerprint density at radius 1 is 0.778 bits per heavy atom. The number of carbonyl (C=O) groups excluding carboxylic acids is 1. The van der Waals surface area contributed by atoms with Crippen LogP contribution in [0.5, 0.6) is 0 Å². The van der Waals surface area contributed by atoms with Crippen molar-refractivity contribution in [2.75, 3.05) is 5.32 Å². The van der Waals surface area contributed by atoms with E-state index in [1.54, 1.807) is 12.1 Å². The van der Waals surface area contributed by atoms with Gasteiger partial charge in [-0.25, -0.2) is 0 Å². The van der Waals surface area contributed by atoms with E-state index >= 15 is 0 Å². The van der Waals surface area contributed by atoms with Gasteiger partial charge in [0, 0.05) is 11.3 Å². The van der Waals surface area contributed by atoms with Gasteiger partial charge in [0.2, 0.25) is 0 Å². The van der Waals surface area contributed by atoms with Crippen molar-refractivity contribution >= 4 is 28.9 Å². The maximum atomic E-state index is 12.3. The van der Waals surface area contributed by atoms with Crippen LogP contribution in [0.15, 0.2) is 72.8 Å². The first-order valence-corrected chi connectivity index (χ1v) is 9.04. The quantitative estimate of drug-likeness (QED) is 0.462. The van der Waals surface area contributed by atoms with Gasteiger partial charge in [0.15, 0.2) is 5.11 Å². The first kappa shape index (κ1) is 18.6. The summed E-state index contributed by atoms with van der Waals surface area (Å²) in [6, 6.07) is 23.4. The molecule has 0 aliphatic carbocycles. The van der Waals surface area contributed by atoms with Gasteiger partial charge in [-0.05, 0) is 66.5 Å². The largest absolute Gasteiger partial charge is 0.331 e.